The first kappa shape index (κ1) is 25.3. The minimum Gasteiger partial charge on any atom is -0.493 e. The maximum absolute atomic E-state index is 13.4. The molecule has 0 saturated heterocycles. The van der Waals surface area contributed by atoms with Gasteiger partial charge in [-0.2, -0.15) is 0 Å². The van der Waals surface area contributed by atoms with E-state index in [1.165, 1.54) is 25.8 Å². The summed E-state index contributed by atoms with van der Waals surface area (Å²) in [5.74, 6) is 0.467. The van der Waals surface area contributed by atoms with Crippen molar-refractivity contribution in [3.63, 3.8) is 0 Å². The van der Waals surface area contributed by atoms with Crippen LogP contribution >= 0.6 is 39.3 Å². The zero-order chi connectivity index (χ0) is 26.1. The van der Waals surface area contributed by atoms with E-state index in [2.05, 4.69) is 21.2 Å². The van der Waals surface area contributed by atoms with Crippen molar-refractivity contribution in [2.75, 3.05) is 7.11 Å². The van der Waals surface area contributed by atoms with Gasteiger partial charge in [0.1, 0.15) is 5.70 Å². The van der Waals surface area contributed by atoms with Crippen molar-refractivity contribution in [1.29, 1.82) is 0 Å². The average molecular weight is 600 g/mol. The first-order chi connectivity index (χ1) is 17.8. The summed E-state index contributed by atoms with van der Waals surface area (Å²) in [6.07, 6.45) is -0.684. The van der Waals surface area contributed by atoms with E-state index in [-0.39, 0.29) is 11.7 Å². The Morgan fingerprint density at radius 3 is 2.65 bits per heavy atom. The molecule has 188 valence electrons. The summed E-state index contributed by atoms with van der Waals surface area (Å²) in [6, 6.07) is 18.3. The van der Waals surface area contributed by atoms with Crippen LogP contribution in [0.3, 0.4) is 0 Å². The van der Waals surface area contributed by atoms with Crippen molar-refractivity contribution < 1.29 is 19.1 Å². The molecular weight excluding hydrogens is 580 g/mol. The summed E-state index contributed by atoms with van der Waals surface area (Å²) in [5, 5.41) is 11.8. The summed E-state index contributed by atoms with van der Waals surface area (Å²) in [5.41, 5.74) is 2.11. The molecule has 1 unspecified atom stereocenters. The molecule has 0 aliphatic carbocycles. The number of nitrogens with zero attached hydrogens (tertiary/aromatic N) is 3. The molecule has 0 spiro atoms. The van der Waals surface area contributed by atoms with E-state index in [1.807, 2.05) is 48.5 Å². The average Bonchev–Trinajstić information content (AvgIpc) is 2.87. The predicted molar refractivity (Wildman–Crippen MR) is 146 cm³/mol. The van der Waals surface area contributed by atoms with Crippen molar-refractivity contribution in [3.8, 4) is 11.5 Å². The molecule has 1 N–H and O–H groups in total. The Bertz CT molecular complexity index is 1560. The molecule has 2 heterocycles. The molecule has 8 nitrogen and oxygen atoms in total. The molecule has 0 fully saturated rings. The maximum atomic E-state index is 13.4. The topological polar surface area (TPSA) is 92.6 Å². The Hall–Kier alpha value is -3.34. The fraction of sp³-hybridized carbons (Fsp3) is 0.154. The molecule has 0 saturated carbocycles. The van der Waals surface area contributed by atoms with Crippen LogP contribution in [0.4, 0.5) is 0 Å². The van der Waals surface area contributed by atoms with Crippen LogP contribution in [0.5, 0.6) is 11.5 Å². The summed E-state index contributed by atoms with van der Waals surface area (Å²) in [7, 11) is 1.49. The Balaban J connectivity index is 1.58. The highest BCUT2D eigenvalue weighted by Crippen LogP contribution is 2.40. The van der Waals surface area contributed by atoms with Gasteiger partial charge in [0.25, 0.3) is 5.91 Å². The minimum absolute atomic E-state index is 0.269. The Morgan fingerprint density at radius 1 is 1.16 bits per heavy atom. The van der Waals surface area contributed by atoms with Gasteiger partial charge < -0.3 is 9.47 Å². The smallest absolute Gasteiger partial charge is 0.308 e. The molecule has 1 atom stereocenters. The molecule has 0 bridgehead atoms. The number of hydrogen-bond acceptors (Lipinski definition) is 8. The van der Waals surface area contributed by atoms with Crippen molar-refractivity contribution in [1.82, 2.24) is 10.3 Å². The highest BCUT2D eigenvalue weighted by atomic mass is 79.9. The lowest BCUT2D eigenvalue weighted by molar-refractivity contribution is -0.132. The van der Waals surface area contributed by atoms with Gasteiger partial charge in [0.15, 0.2) is 22.8 Å². The molecule has 2 aliphatic heterocycles. The number of amidine groups is 1. The van der Waals surface area contributed by atoms with Gasteiger partial charge in [0.05, 0.1) is 12.5 Å². The van der Waals surface area contributed by atoms with Gasteiger partial charge in [-0.25, -0.2) is 5.01 Å². The van der Waals surface area contributed by atoms with Crippen LogP contribution in [0.2, 0.25) is 5.02 Å². The number of benzene rings is 3. The predicted octanol–water partition coefficient (Wildman–Crippen LogP) is 4.11. The monoisotopic (exact) mass is 598 g/mol. The number of para-hydroxylation sites is 1. The molecular formula is C26H20BrClN4O4S. The number of fused-ring (bicyclic) bond motifs is 2. The number of ether oxygens (including phenoxy) is 2. The molecule has 2 aliphatic rings. The van der Waals surface area contributed by atoms with Gasteiger partial charge in [-0.15, -0.1) is 5.10 Å². The third-order valence-corrected chi connectivity index (χ3v) is 7.49. The number of esters is 1. The van der Waals surface area contributed by atoms with Gasteiger partial charge in [0, 0.05) is 33.0 Å². The zero-order valence-electron chi connectivity index (χ0n) is 19.7. The molecule has 3 aromatic carbocycles. The Kier molecular flexibility index (Phi) is 7.23. The fourth-order valence-corrected chi connectivity index (χ4v) is 5.43. The van der Waals surface area contributed by atoms with E-state index >= 15 is 0 Å². The number of thioether (sulfide) groups is 1. The number of nitrogens with one attached hydrogen (secondary N) is 1. The van der Waals surface area contributed by atoms with Gasteiger partial charge in [-0.05, 0) is 35.9 Å². The number of rotatable bonds is 5. The van der Waals surface area contributed by atoms with E-state index in [1.54, 1.807) is 17.1 Å². The van der Waals surface area contributed by atoms with Crippen molar-refractivity contribution >= 4 is 62.0 Å². The highest BCUT2D eigenvalue weighted by molar-refractivity contribution is 9.10. The summed E-state index contributed by atoms with van der Waals surface area (Å²) in [6.45, 7) is 1.32. The third kappa shape index (κ3) is 5.22. The van der Waals surface area contributed by atoms with E-state index < -0.39 is 12.1 Å². The van der Waals surface area contributed by atoms with Crippen LogP contribution in [-0.2, 0) is 15.3 Å². The van der Waals surface area contributed by atoms with Crippen molar-refractivity contribution in [2.45, 2.75) is 18.8 Å². The SMILES string of the molecule is COc1cc(C2N=c3ccccc3=C3C(=O)NC(SCc4ccc(Cl)cc4)=NN32)c(Br)cc1OC(C)=O. The van der Waals surface area contributed by atoms with Crippen LogP contribution < -0.4 is 25.4 Å². The number of carbonyl (C=O) groups is 2. The van der Waals surface area contributed by atoms with Crippen LogP contribution in [-0.4, -0.2) is 29.2 Å². The molecule has 5 rings (SSSR count). The van der Waals surface area contributed by atoms with Crippen LogP contribution in [0.25, 0.3) is 5.70 Å². The lowest BCUT2D eigenvalue weighted by atomic mass is 10.1. The second-order valence-corrected chi connectivity index (χ2v) is 10.4. The van der Waals surface area contributed by atoms with Crippen LogP contribution in [0.15, 0.2) is 75.2 Å². The van der Waals surface area contributed by atoms with Crippen LogP contribution in [0.1, 0.15) is 24.2 Å². The first-order valence-corrected chi connectivity index (χ1v) is 13.3. The molecule has 1 amide bonds. The van der Waals surface area contributed by atoms with E-state index in [4.69, 9.17) is 31.2 Å². The Labute approximate surface area is 230 Å². The quantitative estimate of drug-likeness (QED) is 0.351. The fourth-order valence-electron chi connectivity index (χ4n) is 3.97. The molecule has 3 aromatic rings. The lowest BCUT2D eigenvalue weighted by Gasteiger charge is -2.34. The van der Waals surface area contributed by atoms with E-state index in [0.717, 1.165) is 5.56 Å². The maximum Gasteiger partial charge on any atom is 0.308 e. The van der Waals surface area contributed by atoms with Gasteiger partial charge in [-0.1, -0.05) is 69.6 Å². The third-order valence-electron chi connectivity index (χ3n) is 5.62. The normalized spacial score (nSPS) is 16.2. The minimum atomic E-state index is -0.684. The summed E-state index contributed by atoms with van der Waals surface area (Å²) >= 11 is 11.0. The number of methoxy groups -OCH3 is 1. The van der Waals surface area contributed by atoms with Gasteiger partial charge in [-0.3, -0.25) is 19.9 Å². The number of carbonyl (C=O) groups excluding carboxylic acids is 2. The second-order valence-electron chi connectivity index (χ2n) is 8.11. The standard InChI is InChI=1S/C26H20BrClN4O4S/c1-14(33)36-22-12-19(27)18(11-21(22)35-2)24-29-20-6-4-3-5-17(20)23-25(34)30-26(31-32(23)24)37-13-15-7-9-16(28)10-8-15/h3-12,24H,13H2,1-2H3,(H,30,31,34). The molecule has 0 radical (unpaired) electrons. The molecule has 0 aromatic heterocycles. The number of hydrogen-bond donors (Lipinski definition) is 1. The number of amides is 1. The van der Waals surface area contributed by atoms with E-state index in [0.29, 0.717) is 48.0 Å². The Morgan fingerprint density at radius 2 is 1.92 bits per heavy atom. The number of hydrazone groups is 1. The first-order valence-electron chi connectivity index (χ1n) is 11.1. The summed E-state index contributed by atoms with van der Waals surface area (Å²) < 4.78 is 11.4. The van der Waals surface area contributed by atoms with E-state index in [9.17, 15) is 9.59 Å². The lowest BCUT2D eigenvalue weighted by Crippen LogP contribution is -2.50. The van der Waals surface area contributed by atoms with Crippen molar-refractivity contribution in [2.24, 2.45) is 10.1 Å². The van der Waals surface area contributed by atoms with Gasteiger partial charge >= 0.3 is 5.97 Å². The largest absolute Gasteiger partial charge is 0.493 e. The second kappa shape index (κ2) is 10.6. The van der Waals surface area contributed by atoms with Crippen LogP contribution in [0, 0.1) is 0 Å². The summed E-state index contributed by atoms with van der Waals surface area (Å²) in [4.78, 5) is 29.9. The van der Waals surface area contributed by atoms with Gasteiger partial charge in [0.2, 0.25) is 0 Å². The van der Waals surface area contributed by atoms with Crippen molar-refractivity contribution in [3.05, 3.63) is 91.9 Å². The number of halogens is 2. The zero-order valence-corrected chi connectivity index (χ0v) is 22.9. The molecule has 11 heteroatoms. The highest BCUT2D eigenvalue weighted by Gasteiger charge is 2.35. The molecule has 37 heavy (non-hydrogen) atoms.